The second kappa shape index (κ2) is 5.21. The molecule has 0 radical (unpaired) electrons. The molecule has 84 valence electrons. The van der Waals surface area contributed by atoms with Gasteiger partial charge >= 0.3 is 0 Å². The van der Waals surface area contributed by atoms with Crippen LogP contribution in [0.15, 0.2) is 10.7 Å². The minimum absolute atomic E-state index is 0. The SMILES string of the molecule is Cl.O=C(NC1CNC1)c1cc(Cl)c(Br)[nH]1. The van der Waals surface area contributed by atoms with Crippen molar-refractivity contribution in [2.75, 3.05) is 13.1 Å². The number of carbonyl (C=O) groups is 1. The molecule has 15 heavy (non-hydrogen) atoms. The van der Waals surface area contributed by atoms with Crippen LogP contribution in [0.5, 0.6) is 0 Å². The van der Waals surface area contributed by atoms with E-state index in [1.807, 2.05) is 0 Å². The van der Waals surface area contributed by atoms with E-state index in [4.69, 9.17) is 11.6 Å². The van der Waals surface area contributed by atoms with Crippen molar-refractivity contribution in [1.82, 2.24) is 15.6 Å². The van der Waals surface area contributed by atoms with E-state index < -0.39 is 0 Å². The Labute approximate surface area is 107 Å². The molecule has 2 rings (SSSR count). The van der Waals surface area contributed by atoms with Crippen molar-refractivity contribution in [3.05, 3.63) is 21.4 Å². The normalized spacial score (nSPS) is 15.3. The Morgan fingerprint density at radius 3 is 2.67 bits per heavy atom. The molecule has 7 heteroatoms. The summed E-state index contributed by atoms with van der Waals surface area (Å²) in [5, 5.41) is 6.45. The fraction of sp³-hybridized carbons (Fsp3) is 0.375. The minimum atomic E-state index is -0.121. The molecule has 1 fully saturated rings. The van der Waals surface area contributed by atoms with Gasteiger partial charge in [0.15, 0.2) is 0 Å². The molecule has 1 aromatic rings. The highest BCUT2D eigenvalue weighted by Gasteiger charge is 2.20. The lowest BCUT2D eigenvalue weighted by Crippen LogP contribution is -2.56. The maximum atomic E-state index is 11.6. The molecule has 0 atom stereocenters. The van der Waals surface area contributed by atoms with E-state index >= 15 is 0 Å². The molecular formula is C8H10BrCl2N3O. The molecule has 3 N–H and O–H groups in total. The lowest BCUT2D eigenvalue weighted by Gasteiger charge is -2.27. The highest BCUT2D eigenvalue weighted by molar-refractivity contribution is 9.10. The number of nitrogens with one attached hydrogen (secondary N) is 3. The number of aromatic nitrogens is 1. The molecule has 2 heterocycles. The van der Waals surface area contributed by atoms with Crippen molar-refractivity contribution >= 4 is 45.8 Å². The van der Waals surface area contributed by atoms with E-state index in [0.29, 0.717) is 15.3 Å². The number of aromatic amines is 1. The maximum Gasteiger partial charge on any atom is 0.268 e. The van der Waals surface area contributed by atoms with Crippen LogP contribution in [0, 0.1) is 0 Å². The van der Waals surface area contributed by atoms with Crippen LogP contribution in [0.25, 0.3) is 0 Å². The van der Waals surface area contributed by atoms with E-state index in [-0.39, 0.29) is 24.4 Å². The molecule has 1 saturated heterocycles. The summed E-state index contributed by atoms with van der Waals surface area (Å²) < 4.78 is 0.635. The number of amides is 1. The molecule has 1 aliphatic heterocycles. The van der Waals surface area contributed by atoms with Crippen molar-refractivity contribution in [2.24, 2.45) is 0 Å². The van der Waals surface area contributed by atoms with Gasteiger partial charge in [-0.05, 0) is 22.0 Å². The Kier molecular flexibility index (Phi) is 4.45. The van der Waals surface area contributed by atoms with Gasteiger partial charge in [0.25, 0.3) is 5.91 Å². The van der Waals surface area contributed by atoms with Gasteiger partial charge in [0.2, 0.25) is 0 Å². The molecule has 0 aromatic carbocycles. The number of hydrogen-bond donors (Lipinski definition) is 3. The molecule has 1 aliphatic rings. The zero-order chi connectivity index (χ0) is 10.1. The monoisotopic (exact) mass is 313 g/mol. The summed E-state index contributed by atoms with van der Waals surface area (Å²) in [5.74, 6) is -0.121. The average molecular weight is 315 g/mol. The van der Waals surface area contributed by atoms with E-state index in [0.717, 1.165) is 13.1 Å². The van der Waals surface area contributed by atoms with Gasteiger partial charge in [-0.3, -0.25) is 4.79 Å². The minimum Gasteiger partial charge on any atom is -0.345 e. The summed E-state index contributed by atoms with van der Waals surface area (Å²) >= 11 is 8.99. The highest BCUT2D eigenvalue weighted by Crippen LogP contribution is 2.22. The molecule has 0 spiro atoms. The molecule has 0 aliphatic carbocycles. The van der Waals surface area contributed by atoms with Crippen LogP contribution in [-0.4, -0.2) is 30.0 Å². The summed E-state index contributed by atoms with van der Waals surface area (Å²) in [7, 11) is 0. The Bertz CT molecular complexity index is 345. The molecule has 4 nitrogen and oxygen atoms in total. The first kappa shape index (κ1) is 12.8. The Morgan fingerprint density at radius 2 is 2.27 bits per heavy atom. The summed E-state index contributed by atoms with van der Waals surface area (Å²) in [4.78, 5) is 14.4. The number of hydrogen-bond acceptors (Lipinski definition) is 2. The third kappa shape index (κ3) is 2.87. The van der Waals surface area contributed by atoms with Gasteiger partial charge in [-0.15, -0.1) is 12.4 Å². The molecule has 0 unspecified atom stereocenters. The van der Waals surface area contributed by atoms with Gasteiger partial charge in [-0.1, -0.05) is 11.6 Å². The number of rotatable bonds is 2. The van der Waals surface area contributed by atoms with Gasteiger partial charge < -0.3 is 15.6 Å². The summed E-state index contributed by atoms with van der Waals surface area (Å²) in [5.41, 5.74) is 0.480. The third-order valence-corrected chi connectivity index (χ3v) is 3.24. The van der Waals surface area contributed by atoms with Crippen LogP contribution in [-0.2, 0) is 0 Å². The van der Waals surface area contributed by atoms with E-state index in [1.165, 1.54) is 0 Å². The van der Waals surface area contributed by atoms with Gasteiger partial charge in [-0.2, -0.15) is 0 Å². The summed E-state index contributed by atoms with van der Waals surface area (Å²) in [6, 6.07) is 1.84. The Hall–Kier alpha value is -0.230. The van der Waals surface area contributed by atoms with Gasteiger partial charge in [0.05, 0.1) is 11.1 Å². The fourth-order valence-corrected chi connectivity index (χ4v) is 1.66. The van der Waals surface area contributed by atoms with Crippen LogP contribution in [0.3, 0.4) is 0 Å². The van der Waals surface area contributed by atoms with Crippen LogP contribution in [0.2, 0.25) is 5.02 Å². The smallest absolute Gasteiger partial charge is 0.268 e. The maximum absolute atomic E-state index is 11.6. The second-order valence-electron chi connectivity index (χ2n) is 3.17. The molecule has 1 amide bonds. The van der Waals surface area contributed by atoms with E-state index in [1.54, 1.807) is 6.07 Å². The predicted molar refractivity (Wildman–Crippen MR) is 64.9 cm³/mol. The second-order valence-corrected chi connectivity index (χ2v) is 4.37. The van der Waals surface area contributed by atoms with Crippen molar-refractivity contribution in [2.45, 2.75) is 6.04 Å². The largest absolute Gasteiger partial charge is 0.345 e. The van der Waals surface area contributed by atoms with Crippen LogP contribution in [0.1, 0.15) is 10.5 Å². The first-order valence-electron chi connectivity index (χ1n) is 4.22. The number of halogens is 3. The van der Waals surface area contributed by atoms with Crippen LogP contribution >= 0.6 is 39.9 Å². The summed E-state index contributed by atoms with van der Waals surface area (Å²) in [6.45, 7) is 1.67. The summed E-state index contributed by atoms with van der Waals surface area (Å²) in [6.07, 6.45) is 0. The van der Waals surface area contributed by atoms with Crippen molar-refractivity contribution in [3.63, 3.8) is 0 Å². The zero-order valence-electron chi connectivity index (χ0n) is 7.64. The lowest BCUT2D eigenvalue weighted by molar-refractivity contribution is 0.0919. The van der Waals surface area contributed by atoms with Crippen molar-refractivity contribution in [3.8, 4) is 0 Å². The van der Waals surface area contributed by atoms with Gasteiger partial charge in [0.1, 0.15) is 10.3 Å². The third-order valence-electron chi connectivity index (χ3n) is 2.09. The lowest BCUT2D eigenvalue weighted by atomic mass is 10.2. The first-order valence-corrected chi connectivity index (χ1v) is 5.39. The highest BCUT2D eigenvalue weighted by atomic mass is 79.9. The fourth-order valence-electron chi connectivity index (χ4n) is 1.18. The average Bonchev–Trinajstić information content (AvgIpc) is 2.40. The van der Waals surface area contributed by atoms with Crippen molar-refractivity contribution in [1.29, 1.82) is 0 Å². The zero-order valence-corrected chi connectivity index (χ0v) is 10.8. The predicted octanol–water partition coefficient (Wildman–Crippen LogP) is 1.55. The topological polar surface area (TPSA) is 56.9 Å². The quantitative estimate of drug-likeness (QED) is 0.776. The van der Waals surface area contributed by atoms with E-state index in [9.17, 15) is 4.79 Å². The number of carbonyl (C=O) groups excluding carboxylic acids is 1. The van der Waals surface area contributed by atoms with E-state index in [2.05, 4.69) is 31.5 Å². The van der Waals surface area contributed by atoms with Crippen LogP contribution in [0.4, 0.5) is 0 Å². The molecule has 0 bridgehead atoms. The molecular weight excluding hydrogens is 305 g/mol. The van der Waals surface area contributed by atoms with Gasteiger partial charge in [0, 0.05) is 13.1 Å². The first-order chi connectivity index (χ1) is 6.66. The molecule has 0 saturated carbocycles. The van der Waals surface area contributed by atoms with Gasteiger partial charge in [-0.25, -0.2) is 0 Å². The molecule has 1 aromatic heterocycles. The van der Waals surface area contributed by atoms with Crippen molar-refractivity contribution < 1.29 is 4.79 Å². The standard InChI is InChI=1S/C8H9BrClN3O.ClH/c9-7-5(10)1-6(13-7)8(14)12-4-2-11-3-4;/h1,4,11,13H,2-3H2,(H,12,14);1H. The number of H-pyrrole nitrogens is 1. The Balaban J connectivity index is 0.00000112. The van der Waals surface area contributed by atoms with Crippen LogP contribution < -0.4 is 10.6 Å². The Morgan fingerprint density at radius 1 is 1.60 bits per heavy atom.